The summed E-state index contributed by atoms with van der Waals surface area (Å²) in [5.74, 6) is -0.870. The number of esters is 3. The molecular formula is C62H118O6. The van der Waals surface area contributed by atoms with Crippen LogP contribution in [0.1, 0.15) is 348 Å². The van der Waals surface area contributed by atoms with Crippen LogP contribution in [0.4, 0.5) is 0 Å². The largest absolute Gasteiger partial charge is 0.462 e. The number of rotatable bonds is 57. The van der Waals surface area contributed by atoms with Gasteiger partial charge >= 0.3 is 17.9 Å². The zero-order valence-corrected chi connectivity index (χ0v) is 46.2. The van der Waals surface area contributed by atoms with Gasteiger partial charge in [-0.2, -0.15) is 0 Å². The van der Waals surface area contributed by atoms with Crippen molar-refractivity contribution in [3.8, 4) is 0 Å². The van der Waals surface area contributed by atoms with E-state index in [1.807, 2.05) is 0 Å². The molecule has 0 aliphatic carbocycles. The van der Waals surface area contributed by atoms with Gasteiger partial charge in [0.15, 0.2) is 6.10 Å². The minimum atomic E-state index is -0.766. The first-order valence-electron chi connectivity index (χ1n) is 30.7. The lowest BCUT2D eigenvalue weighted by molar-refractivity contribution is -0.167. The molecule has 0 fully saturated rings. The number of ether oxygens (including phenoxy) is 3. The van der Waals surface area contributed by atoms with Crippen LogP contribution in [0, 0.1) is 0 Å². The molecule has 0 saturated carbocycles. The maximum Gasteiger partial charge on any atom is 0.306 e. The Balaban J connectivity index is 3.86. The monoisotopic (exact) mass is 959 g/mol. The molecule has 0 aromatic carbocycles. The van der Waals surface area contributed by atoms with Gasteiger partial charge in [0.05, 0.1) is 0 Å². The predicted octanol–water partition coefficient (Wildman–Crippen LogP) is 20.5. The van der Waals surface area contributed by atoms with Gasteiger partial charge in [0.25, 0.3) is 0 Å². The van der Waals surface area contributed by atoms with Gasteiger partial charge < -0.3 is 14.2 Å². The van der Waals surface area contributed by atoms with Crippen LogP contribution in [0.15, 0.2) is 12.2 Å². The topological polar surface area (TPSA) is 78.9 Å². The fraction of sp³-hybridized carbons (Fsp3) is 0.919. The lowest BCUT2D eigenvalue weighted by Crippen LogP contribution is -2.30. The van der Waals surface area contributed by atoms with Crippen LogP contribution in [0.25, 0.3) is 0 Å². The highest BCUT2D eigenvalue weighted by Crippen LogP contribution is 2.18. The first-order chi connectivity index (χ1) is 33.5. The van der Waals surface area contributed by atoms with Crippen molar-refractivity contribution in [1.82, 2.24) is 0 Å². The van der Waals surface area contributed by atoms with Crippen LogP contribution in [0.5, 0.6) is 0 Å². The molecule has 68 heavy (non-hydrogen) atoms. The molecule has 0 aromatic rings. The summed E-state index contributed by atoms with van der Waals surface area (Å²) in [6, 6.07) is 0. The van der Waals surface area contributed by atoms with Crippen LogP contribution < -0.4 is 0 Å². The number of carbonyl (C=O) groups is 3. The average molecular weight is 960 g/mol. The molecule has 0 rings (SSSR count). The van der Waals surface area contributed by atoms with E-state index in [1.165, 1.54) is 244 Å². The van der Waals surface area contributed by atoms with Crippen molar-refractivity contribution in [1.29, 1.82) is 0 Å². The maximum atomic E-state index is 12.7. The van der Waals surface area contributed by atoms with Gasteiger partial charge in [0, 0.05) is 19.3 Å². The fourth-order valence-corrected chi connectivity index (χ4v) is 9.38. The Labute approximate surface area is 424 Å². The van der Waals surface area contributed by atoms with Crippen molar-refractivity contribution in [2.45, 2.75) is 354 Å². The summed E-state index contributed by atoms with van der Waals surface area (Å²) >= 11 is 0. The predicted molar refractivity (Wildman–Crippen MR) is 293 cm³/mol. The zero-order chi connectivity index (χ0) is 49.3. The number of allylic oxidation sites excluding steroid dienone is 2. The third-order valence-corrected chi connectivity index (χ3v) is 14.0. The fourth-order valence-electron chi connectivity index (χ4n) is 9.38. The molecule has 0 spiro atoms. The molecule has 0 amide bonds. The molecule has 0 aromatic heterocycles. The standard InChI is InChI=1S/C62H118O6/c1-4-7-10-13-16-18-20-22-23-24-25-26-27-28-29-30-31-32-33-34-35-36-37-38-39-40-41-43-44-46-49-52-55-61(64)67-58-59(57-66-60(63)54-51-48-15-12-9-6-3)68-62(65)56-53-50-47-45-42-21-19-17-14-11-8-5-2/h17,19,59H,4-16,18,20-58H2,1-3H3/b19-17-. The van der Waals surface area contributed by atoms with Gasteiger partial charge in [-0.25, -0.2) is 0 Å². The number of carbonyl (C=O) groups excluding carboxylic acids is 3. The molecule has 0 saturated heterocycles. The SMILES string of the molecule is CCCCC/C=C\CCCCCCCC(=O)OC(COC(=O)CCCCCCCC)COC(=O)CCCCCCCCCCCCCCCCCCCCCCCCCCCCCCCCCC. The van der Waals surface area contributed by atoms with Crippen molar-refractivity contribution < 1.29 is 28.6 Å². The van der Waals surface area contributed by atoms with Crippen molar-refractivity contribution in [2.24, 2.45) is 0 Å². The van der Waals surface area contributed by atoms with Crippen molar-refractivity contribution in [3.63, 3.8) is 0 Å². The summed E-state index contributed by atoms with van der Waals surface area (Å²) in [5.41, 5.74) is 0. The number of hydrogen-bond donors (Lipinski definition) is 0. The van der Waals surface area contributed by atoms with Gasteiger partial charge in [0.1, 0.15) is 13.2 Å². The molecule has 0 aliphatic heterocycles. The van der Waals surface area contributed by atoms with E-state index >= 15 is 0 Å². The maximum absolute atomic E-state index is 12.7. The van der Waals surface area contributed by atoms with E-state index < -0.39 is 6.10 Å². The van der Waals surface area contributed by atoms with E-state index in [0.717, 1.165) is 64.2 Å². The summed E-state index contributed by atoms with van der Waals surface area (Å²) in [6.07, 6.45) is 67.1. The third-order valence-electron chi connectivity index (χ3n) is 14.0. The molecule has 6 nitrogen and oxygen atoms in total. The highest BCUT2D eigenvalue weighted by atomic mass is 16.6. The van der Waals surface area contributed by atoms with Crippen molar-refractivity contribution in [2.75, 3.05) is 13.2 Å². The highest BCUT2D eigenvalue weighted by molar-refractivity contribution is 5.71. The summed E-state index contributed by atoms with van der Waals surface area (Å²) < 4.78 is 16.7. The molecule has 402 valence electrons. The van der Waals surface area contributed by atoms with Gasteiger partial charge in [-0.15, -0.1) is 0 Å². The first kappa shape index (κ1) is 66.2. The summed E-state index contributed by atoms with van der Waals surface area (Å²) in [6.45, 7) is 6.60. The van der Waals surface area contributed by atoms with E-state index in [9.17, 15) is 14.4 Å². The van der Waals surface area contributed by atoms with Gasteiger partial charge in [-0.05, 0) is 44.9 Å². The number of hydrogen-bond acceptors (Lipinski definition) is 6. The summed E-state index contributed by atoms with van der Waals surface area (Å²) in [7, 11) is 0. The first-order valence-corrected chi connectivity index (χ1v) is 30.7. The van der Waals surface area contributed by atoms with Crippen molar-refractivity contribution >= 4 is 17.9 Å². The molecule has 0 heterocycles. The molecule has 1 unspecified atom stereocenters. The van der Waals surface area contributed by atoms with E-state index in [4.69, 9.17) is 14.2 Å². The molecule has 1 atom stereocenters. The lowest BCUT2D eigenvalue weighted by Gasteiger charge is -2.18. The Kier molecular flexibility index (Phi) is 56.2. The van der Waals surface area contributed by atoms with Crippen LogP contribution in [0.3, 0.4) is 0 Å². The Morgan fingerprint density at radius 2 is 0.485 bits per heavy atom. The Morgan fingerprint density at radius 3 is 0.765 bits per heavy atom. The smallest absolute Gasteiger partial charge is 0.306 e. The van der Waals surface area contributed by atoms with Crippen LogP contribution in [-0.4, -0.2) is 37.2 Å². The molecular weight excluding hydrogens is 841 g/mol. The lowest BCUT2D eigenvalue weighted by atomic mass is 10.0. The quantitative estimate of drug-likeness (QED) is 0.0262. The highest BCUT2D eigenvalue weighted by Gasteiger charge is 2.19. The molecule has 0 radical (unpaired) electrons. The van der Waals surface area contributed by atoms with Crippen LogP contribution >= 0.6 is 0 Å². The van der Waals surface area contributed by atoms with E-state index in [0.29, 0.717) is 19.3 Å². The minimum absolute atomic E-state index is 0.0690. The zero-order valence-electron chi connectivity index (χ0n) is 46.2. The molecule has 6 heteroatoms. The van der Waals surface area contributed by atoms with Gasteiger partial charge in [-0.1, -0.05) is 296 Å². The van der Waals surface area contributed by atoms with E-state index in [-0.39, 0.29) is 31.1 Å². The van der Waals surface area contributed by atoms with Crippen LogP contribution in [0.2, 0.25) is 0 Å². The van der Waals surface area contributed by atoms with Gasteiger partial charge in [0.2, 0.25) is 0 Å². The Hall–Kier alpha value is -1.85. The van der Waals surface area contributed by atoms with Crippen LogP contribution in [-0.2, 0) is 28.6 Å². The average Bonchev–Trinajstić information content (AvgIpc) is 3.34. The van der Waals surface area contributed by atoms with E-state index in [2.05, 4.69) is 32.9 Å². The van der Waals surface area contributed by atoms with E-state index in [1.54, 1.807) is 0 Å². The normalized spacial score (nSPS) is 12.0. The Morgan fingerprint density at radius 1 is 0.279 bits per heavy atom. The van der Waals surface area contributed by atoms with Crippen molar-refractivity contribution in [3.05, 3.63) is 12.2 Å². The Bertz CT molecular complexity index is 1060. The molecule has 0 N–H and O–H groups in total. The summed E-state index contributed by atoms with van der Waals surface area (Å²) in [4.78, 5) is 37.8. The third kappa shape index (κ3) is 55.1. The molecule has 0 bridgehead atoms. The molecule has 0 aliphatic rings. The second kappa shape index (κ2) is 57.7. The summed E-state index contributed by atoms with van der Waals surface area (Å²) in [5, 5.41) is 0. The second-order valence-corrected chi connectivity index (χ2v) is 21.0. The number of unbranched alkanes of at least 4 members (excludes halogenated alkanes) is 44. The second-order valence-electron chi connectivity index (χ2n) is 21.0. The van der Waals surface area contributed by atoms with Gasteiger partial charge in [-0.3, -0.25) is 14.4 Å². The minimum Gasteiger partial charge on any atom is -0.462 e.